The molecule has 112 valence electrons. The van der Waals surface area contributed by atoms with E-state index in [2.05, 4.69) is 20.7 Å². The number of rotatable bonds is 3. The second-order valence-electron chi connectivity index (χ2n) is 3.92. The maximum absolute atomic E-state index is 12.2. The molecule has 0 atom stereocenters. The molecule has 0 aliphatic rings. The number of hydrogen-bond acceptors (Lipinski definition) is 3. The monoisotopic (exact) mass is 381 g/mol. The summed E-state index contributed by atoms with van der Waals surface area (Å²) < 4.78 is 45.9. The van der Waals surface area contributed by atoms with Crippen LogP contribution < -0.4 is 15.2 Å². The molecule has 0 fully saturated rings. The summed E-state index contributed by atoms with van der Waals surface area (Å²) in [6.07, 6.45) is -4.76. The number of alkyl halides is 3. The van der Waals surface area contributed by atoms with Gasteiger partial charge in [-0.05, 0) is 46.3 Å². The number of nitrogen functional groups attached to an aromatic ring is 1. The molecule has 0 spiro atoms. The van der Waals surface area contributed by atoms with E-state index in [9.17, 15) is 13.2 Å². The van der Waals surface area contributed by atoms with Gasteiger partial charge in [-0.1, -0.05) is 11.6 Å². The van der Waals surface area contributed by atoms with E-state index in [-0.39, 0.29) is 16.0 Å². The Bertz CT molecular complexity index is 664. The smallest absolute Gasteiger partial charge is 0.455 e. The lowest BCUT2D eigenvalue weighted by atomic mass is 10.3. The van der Waals surface area contributed by atoms with Gasteiger partial charge in [-0.15, -0.1) is 13.2 Å². The van der Waals surface area contributed by atoms with E-state index < -0.39 is 6.36 Å². The van der Waals surface area contributed by atoms with Gasteiger partial charge < -0.3 is 15.2 Å². The number of ether oxygens (including phenoxy) is 2. The summed E-state index contributed by atoms with van der Waals surface area (Å²) in [5, 5.41) is 0.426. The summed E-state index contributed by atoms with van der Waals surface area (Å²) in [4.78, 5) is 0. The van der Waals surface area contributed by atoms with Crippen LogP contribution >= 0.6 is 27.5 Å². The molecule has 0 aliphatic carbocycles. The number of nitrogens with two attached hydrogens (primary N) is 1. The maximum atomic E-state index is 12.2. The largest absolute Gasteiger partial charge is 0.573 e. The third-order valence-corrected chi connectivity index (χ3v) is 3.19. The highest BCUT2D eigenvalue weighted by atomic mass is 79.9. The van der Waals surface area contributed by atoms with Crippen molar-refractivity contribution in [1.29, 1.82) is 0 Å². The lowest BCUT2D eigenvalue weighted by molar-refractivity contribution is -0.274. The molecule has 0 saturated carbocycles. The number of benzene rings is 2. The Labute approximate surface area is 131 Å². The molecular weight excluding hydrogens is 374 g/mol. The normalized spacial score (nSPS) is 11.3. The zero-order valence-corrected chi connectivity index (χ0v) is 12.6. The van der Waals surface area contributed by atoms with Crippen molar-refractivity contribution < 1.29 is 22.6 Å². The first kappa shape index (κ1) is 15.8. The first-order chi connectivity index (χ1) is 9.74. The van der Waals surface area contributed by atoms with Crippen LogP contribution in [0.2, 0.25) is 5.02 Å². The van der Waals surface area contributed by atoms with Gasteiger partial charge in [-0.2, -0.15) is 0 Å². The summed E-state index contributed by atoms with van der Waals surface area (Å²) in [6.45, 7) is 0. The van der Waals surface area contributed by atoms with E-state index in [1.165, 1.54) is 18.2 Å². The number of halogens is 5. The van der Waals surface area contributed by atoms with Crippen LogP contribution in [0, 0.1) is 0 Å². The molecule has 2 N–H and O–H groups in total. The minimum absolute atomic E-state index is 0.0953. The van der Waals surface area contributed by atoms with Gasteiger partial charge in [0.25, 0.3) is 0 Å². The molecule has 0 radical (unpaired) electrons. The van der Waals surface area contributed by atoms with Crippen molar-refractivity contribution in [1.82, 2.24) is 0 Å². The molecule has 21 heavy (non-hydrogen) atoms. The van der Waals surface area contributed by atoms with Crippen molar-refractivity contribution in [3.8, 4) is 17.2 Å². The van der Waals surface area contributed by atoms with E-state index in [4.69, 9.17) is 22.1 Å². The number of hydrogen-bond donors (Lipinski definition) is 1. The van der Waals surface area contributed by atoms with E-state index in [1.54, 1.807) is 12.1 Å². The van der Waals surface area contributed by atoms with Gasteiger partial charge in [0.05, 0.1) is 10.2 Å². The first-order valence-corrected chi connectivity index (χ1v) is 6.70. The average Bonchev–Trinajstić information content (AvgIpc) is 2.36. The SMILES string of the molecule is Nc1ccc(Cl)cc1Oc1ccc(OC(F)(F)F)c(Br)c1. The van der Waals surface area contributed by atoms with Crippen LogP contribution in [0.5, 0.6) is 17.2 Å². The Hall–Kier alpha value is -1.60. The van der Waals surface area contributed by atoms with Crippen molar-refractivity contribution in [2.24, 2.45) is 0 Å². The molecule has 0 aliphatic heterocycles. The fourth-order valence-electron chi connectivity index (χ4n) is 1.48. The summed E-state index contributed by atoms with van der Waals surface area (Å²) in [7, 11) is 0. The summed E-state index contributed by atoms with van der Waals surface area (Å²) >= 11 is 8.81. The topological polar surface area (TPSA) is 44.5 Å². The Morgan fingerprint density at radius 3 is 2.38 bits per heavy atom. The van der Waals surface area contributed by atoms with Crippen LogP contribution in [0.3, 0.4) is 0 Å². The second kappa shape index (κ2) is 6.03. The summed E-state index contributed by atoms with van der Waals surface area (Å²) in [5.41, 5.74) is 6.07. The van der Waals surface area contributed by atoms with E-state index in [0.717, 1.165) is 6.07 Å². The maximum Gasteiger partial charge on any atom is 0.573 e. The lowest BCUT2D eigenvalue weighted by Gasteiger charge is -2.13. The lowest BCUT2D eigenvalue weighted by Crippen LogP contribution is -2.17. The quantitative estimate of drug-likeness (QED) is 0.725. The summed E-state index contributed by atoms with van der Waals surface area (Å²) in [5.74, 6) is 0.221. The van der Waals surface area contributed by atoms with Crippen LogP contribution in [0.4, 0.5) is 18.9 Å². The van der Waals surface area contributed by atoms with Crippen LogP contribution in [-0.4, -0.2) is 6.36 Å². The van der Waals surface area contributed by atoms with Crippen LogP contribution in [0.25, 0.3) is 0 Å². The first-order valence-electron chi connectivity index (χ1n) is 5.53. The highest BCUT2D eigenvalue weighted by Crippen LogP contribution is 2.36. The van der Waals surface area contributed by atoms with E-state index in [1.807, 2.05) is 0 Å². The highest BCUT2D eigenvalue weighted by molar-refractivity contribution is 9.10. The van der Waals surface area contributed by atoms with Crippen LogP contribution in [0.15, 0.2) is 40.9 Å². The van der Waals surface area contributed by atoms with E-state index in [0.29, 0.717) is 16.5 Å². The van der Waals surface area contributed by atoms with Crippen molar-refractivity contribution in [2.75, 3.05) is 5.73 Å². The predicted octanol–water partition coefficient (Wildman–Crippen LogP) is 5.38. The Balaban J connectivity index is 2.22. The van der Waals surface area contributed by atoms with E-state index >= 15 is 0 Å². The minimum atomic E-state index is -4.76. The fraction of sp³-hybridized carbons (Fsp3) is 0.0769. The summed E-state index contributed by atoms with van der Waals surface area (Å²) in [6, 6.07) is 8.46. The molecule has 0 saturated heterocycles. The van der Waals surface area contributed by atoms with Gasteiger partial charge in [0.2, 0.25) is 0 Å². The zero-order chi connectivity index (χ0) is 15.6. The molecule has 8 heteroatoms. The molecule has 0 aromatic heterocycles. The van der Waals surface area contributed by atoms with Gasteiger partial charge in [0, 0.05) is 11.1 Å². The minimum Gasteiger partial charge on any atom is -0.455 e. The fourth-order valence-corrected chi connectivity index (χ4v) is 2.08. The van der Waals surface area contributed by atoms with Crippen molar-refractivity contribution in [2.45, 2.75) is 6.36 Å². The van der Waals surface area contributed by atoms with Gasteiger partial charge in [-0.25, -0.2) is 0 Å². The van der Waals surface area contributed by atoms with Crippen molar-refractivity contribution >= 4 is 33.2 Å². The van der Waals surface area contributed by atoms with Crippen molar-refractivity contribution in [3.63, 3.8) is 0 Å². The Morgan fingerprint density at radius 2 is 1.76 bits per heavy atom. The van der Waals surface area contributed by atoms with Gasteiger partial charge in [0.1, 0.15) is 11.5 Å². The molecule has 0 unspecified atom stereocenters. The second-order valence-corrected chi connectivity index (χ2v) is 5.22. The van der Waals surface area contributed by atoms with Gasteiger partial charge in [-0.3, -0.25) is 0 Å². The molecule has 2 aromatic rings. The average molecular weight is 383 g/mol. The van der Waals surface area contributed by atoms with Gasteiger partial charge in [0.15, 0.2) is 5.75 Å². The molecule has 2 rings (SSSR count). The molecule has 0 bridgehead atoms. The molecule has 3 nitrogen and oxygen atoms in total. The predicted molar refractivity (Wildman–Crippen MR) is 76.8 cm³/mol. The Kier molecular flexibility index (Phi) is 4.53. The van der Waals surface area contributed by atoms with Crippen molar-refractivity contribution in [3.05, 3.63) is 45.9 Å². The van der Waals surface area contributed by atoms with Crippen LogP contribution in [-0.2, 0) is 0 Å². The third-order valence-electron chi connectivity index (χ3n) is 2.33. The highest BCUT2D eigenvalue weighted by Gasteiger charge is 2.32. The standard InChI is InChI=1S/C13H8BrClF3NO2/c14-9-6-8(2-4-11(9)21-13(16,17)18)20-12-5-7(15)1-3-10(12)19/h1-6H,19H2. The molecule has 0 heterocycles. The van der Waals surface area contributed by atoms with Crippen LogP contribution in [0.1, 0.15) is 0 Å². The number of anilines is 1. The molecule has 2 aromatic carbocycles. The van der Waals surface area contributed by atoms with Gasteiger partial charge >= 0.3 is 6.36 Å². The zero-order valence-electron chi connectivity index (χ0n) is 10.2. The molecule has 0 amide bonds. The molecular formula is C13H8BrClF3NO2. The third kappa shape index (κ3) is 4.44. The Morgan fingerprint density at radius 1 is 1.05 bits per heavy atom.